The van der Waals surface area contributed by atoms with Gasteiger partial charge in [-0.05, 0) is 12.1 Å². The summed E-state index contributed by atoms with van der Waals surface area (Å²) < 4.78 is 13.5. The second-order valence-corrected chi connectivity index (χ2v) is 2.86. The molecule has 1 aromatic carbocycles. The van der Waals surface area contributed by atoms with Crippen molar-refractivity contribution in [3.63, 3.8) is 0 Å². The maximum Gasteiger partial charge on any atom is 0.128 e. The quantitative estimate of drug-likeness (QED) is 0.802. The number of benzene rings is 1. The SMILES string of the molecule is Cl.NCc1ccc(Br)cc1F. The first-order valence-corrected chi connectivity index (χ1v) is 3.67. The van der Waals surface area contributed by atoms with Crippen LogP contribution < -0.4 is 5.73 Å². The van der Waals surface area contributed by atoms with Gasteiger partial charge in [-0.3, -0.25) is 0 Å². The summed E-state index contributed by atoms with van der Waals surface area (Å²) in [5, 5.41) is 0. The summed E-state index contributed by atoms with van der Waals surface area (Å²) in [5.41, 5.74) is 5.79. The van der Waals surface area contributed by atoms with E-state index in [1.165, 1.54) is 6.07 Å². The molecule has 0 aromatic heterocycles. The molecule has 0 aliphatic heterocycles. The van der Waals surface area contributed by atoms with Gasteiger partial charge in [-0.15, -0.1) is 12.4 Å². The van der Waals surface area contributed by atoms with E-state index in [1.54, 1.807) is 12.1 Å². The van der Waals surface area contributed by atoms with Crippen LogP contribution in [0.3, 0.4) is 0 Å². The molecule has 1 aromatic rings. The second-order valence-electron chi connectivity index (χ2n) is 1.94. The van der Waals surface area contributed by atoms with Gasteiger partial charge in [0.2, 0.25) is 0 Å². The summed E-state index contributed by atoms with van der Waals surface area (Å²) in [6.45, 7) is 0.249. The van der Waals surface area contributed by atoms with Crippen molar-refractivity contribution in [2.24, 2.45) is 5.73 Å². The molecule has 1 nitrogen and oxygen atoms in total. The molecule has 0 heterocycles. The molecule has 0 radical (unpaired) electrons. The fourth-order valence-electron chi connectivity index (χ4n) is 0.687. The van der Waals surface area contributed by atoms with Gasteiger partial charge in [0.15, 0.2) is 0 Å². The Morgan fingerprint density at radius 1 is 1.45 bits per heavy atom. The molecule has 0 saturated carbocycles. The smallest absolute Gasteiger partial charge is 0.128 e. The number of hydrogen-bond donors (Lipinski definition) is 1. The van der Waals surface area contributed by atoms with Crippen molar-refractivity contribution in [1.29, 1.82) is 0 Å². The molecule has 1 rings (SSSR count). The highest BCUT2D eigenvalue weighted by Gasteiger charge is 1.98. The third kappa shape index (κ3) is 2.77. The molecule has 2 N–H and O–H groups in total. The van der Waals surface area contributed by atoms with E-state index < -0.39 is 0 Å². The Morgan fingerprint density at radius 3 is 2.55 bits per heavy atom. The van der Waals surface area contributed by atoms with Gasteiger partial charge in [-0.1, -0.05) is 22.0 Å². The standard InChI is InChI=1S/C7H7BrFN.ClH/c8-6-2-1-5(4-10)7(9)3-6;/h1-3H,4,10H2;1H. The minimum atomic E-state index is -0.253. The fraction of sp³-hybridized carbons (Fsp3) is 0.143. The first-order valence-electron chi connectivity index (χ1n) is 2.88. The minimum absolute atomic E-state index is 0. The van der Waals surface area contributed by atoms with Crippen LogP contribution in [0.4, 0.5) is 4.39 Å². The normalized spacial score (nSPS) is 9.00. The van der Waals surface area contributed by atoms with E-state index in [9.17, 15) is 4.39 Å². The lowest BCUT2D eigenvalue weighted by atomic mass is 10.2. The molecule has 0 unspecified atom stereocenters. The van der Waals surface area contributed by atoms with Crippen LogP contribution in [-0.4, -0.2) is 0 Å². The zero-order valence-electron chi connectivity index (χ0n) is 5.68. The van der Waals surface area contributed by atoms with Crippen molar-refractivity contribution in [2.75, 3.05) is 0 Å². The van der Waals surface area contributed by atoms with Gasteiger partial charge in [0, 0.05) is 16.6 Å². The topological polar surface area (TPSA) is 26.0 Å². The summed E-state index contributed by atoms with van der Waals surface area (Å²) in [6.07, 6.45) is 0. The molecule has 0 bridgehead atoms. The van der Waals surface area contributed by atoms with E-state index in [-0.39, 0.29) is 24.8 Å². The van der Waals surface area contributed by atoms with Gasteiger partial charge in [-0.25, -0.2) is 4.39 Å². The van der Waals surface area contributed by atoms with Crippen molar-refractivity contribution < 1.29 is 4.39 Å². The lowest BCUT2D eigenvalue weighted by Gasteiger charge is -1.97. The first-order chi connectivity index (χ1) is 4.74. The molecule has 0 atom stereocenters. The fourth-order valence-corrected chi connectivity index (χ4v) is 1.02. The molecular weight excluding hydrogens is 232 g/mol. The van der Waals surface area contributed by atoms with E-state index in [0.29, 0.717) is 5.56 Å². The highest BCUT2D eigenvalue weighted by atomic mass is 79.9. The molecule has 0 saturated heterocycles. The molecule has 0 amide bonds. The first kappa shape index (κ1) is 10.9. The van der Waals surface area contributed by atoms with Gasteiger partial charge in [0.1, 0.15) is 5.82 Å². The lowest BCUT2D eigenvalue weighted by molar-refractivity contribution is 0.610. The average molecular weight is 241 g/mol. The Balaban J connectivity index is 0.000001000. The van der Waals surface area contributed by atoms with Crippen LogP contribution >= 0.6 is 28.3 Å². The maximum absolute atomic E-state index is 12.7. The Labute approximate surface area is 79.3 Å². The van der Waals surface area contributed by atoms with Crippen LogP contribution in [0.1, 0.15) is 5.56 Å². The summed E-state index contributed by atoms with van der Waals surface area (Å²) in [6, 6.07) is 4.84. The number of hydrogen-bond acceptors (Lipinski definition) is 1. The number of nitrogens with two attached hydrogens (primary N) is 1. The zero-order valence-corrected chi connectivity index (χ0v) is 8.08. The van der Waals surface area contributed by atoms with Crippen molar-refractivity contribution in [3.05, 3.63) is 34.1 Å². The third-order valence-electron chi connectivity index (χ3n) is 1.24. The summed E-state index contributed by atoms with van der Waals surface area (Å²) >= 11 is 3.14. The largest absolute Gasteiger partial charge is 0.326 e. The van der Waals surface area contributed by atoms with Gasteiger partial charge < -0.3 is 5.73 Å². The monoisotopic (exact) mass is 239 g/mol. The predicted octanol–water partition coefficient (Wildman–Crippen LogP) is 2.47. The Hall–Kier alpha value is -0.120. The number of rotatable bonds is 1. The Bertz CT molecular complexity index is 242. The maximum atomic E-state index is 12.7. The zero-order chi connectivity index (χ0) is 7.56. The Morgan fingerprint density at radius 2 is 2.09 bits per heavy atom. The van der Waals surface area contributed by atoms with Crippen LogP contribution in [-0.2, 0) is 6.54 Å². The molecule has 0 spiro atoms. The van der Waals surface area contributed by atoms with Crippen molar-refractivity contribution in [2.45, 2.75) is 6.54 Å². The highest BCUT2D eigenvalue weighted by Crippen LogP contribution is 2.14. The molecular formula is C7H8BrClFN. The molecule has 0 aliphatic rings. The highest BCUT2D eigenvalue weighted by molar-refractivity contribution is 9.10. The lowest BCUT2D eigenvalue weighted by Crippen LogP contribution is -1.98. The Kier molecular flexibility index (Phi) is 4.65. The minimum Gasteiger partial charge on any atom is -0.326 e. The second kappa shape index (κ2) is 4.70. The average Bonchev–Trinajstić information content (AvgIpc) is 1.88. The van der Waals surface area contributed by atoms with Gasteiger partial charge >= 0.3 is 0 Å². The van der Waals surface area contributed by atoms with Gasteiger partial charge in [0.05, 0.1) is 0 Å². The molecule has 4 heteroatoms. The molecule has 62 valence electrons. The van der Waals surface area contributed by atoms with Gasteiger partial charge in [-0.2, -0.15) is 0 Å². The summed E-state index contributed by atoms with van der Waals surface area (Å²) in [4.78, 5) is 0. The van der Waals surface area contributed by atoms with Crippen LogP contribution in [0.25, 0.3) is 0 Å². The summed E-state index contributed by atoms with van der Waals surface area (Å²) in [7, 11) is 0. The van der Waals surface area contributed by atoms with Gasteiger partial charge in [0.25, 0.3) is 0 Å². The third-order valence-corrected chi connectivity index (χ3v) is 1.73. The van der Waals surface area contributed by atoms with Crippen LogP contribution in [0.5, 0.6) is 0 Å². The number of halogens is 3. The van der Waals surface area contributed by atoms with E-state index in [1.807, 2.05) is 0 Å². The molecule has 0 aliphatic carbocycles. The van der Waals surface area contributed by atoms with E-state index in [2.05, 4.69) is 15.9 Å². The van der Waals surface area contributed by atoms with E-state index in [0.717, 1.165) is 4.47 Å². The van der Waals surface area contributed by atoms with Crippen LogP contribution in [0.2, 0.25) is 0 Å². The summed E-state index contributed by atoms with van der Waals surface area (Å²) in [5.74, 6) is -0.253. The van der Waals surface area contributed by atoms with Crippen molar-refractivity contribution in [1.82, 2.24) is 0 Å². The van der Waals surface area contributed by atoms with E-state index in [4.69, 9.17) is 5.73 Å². The van der Waals surface area contributed by atoms with Crippen molar-refractivity contribution in [3.8, 4) is 0 Å². The van der Waals surface area contributed by atoms with E-state index >= 15 is 0 Å². The molecule has 11 heavy (non-hydrogen) atoms. The molecule has 0 fully saturated rings. The van der Waals surface area contributed by atoms with Crippen LogP contribution in [0.15, 0.2) is 22.7 Å². The predicted molar refractivity (Wildman–Crippen MR) is 49.2 cm³/mol. The van der Waals surface area contributed by atoms with Crippen LogP contribution in [0, 0.1) is 5.82 Å². The van der Waals surface area contributed by atoms with Crippen molar-refractivity contribution >= 4 is 28.3 Å².